The molecule has 3 N–H and O–H groups in total. The number of fused-ring (bicyclic) bond motifs is 1. The van der Waals surface area contributed by atoms with E-state index in [2.05, 4.69) is 10.3 Å². The van der Waals surface area contributed by atoms with Crippen LogP contribution in [0.2, 0.25) is 0 Å². The lowest BCUT2D eigenvalue weighted by Crippen LogP contribution is -2.13. The Hall–Kier alpha value is -1.81. The molecule has 0 fully saturated rings. The lowest BCUT2D eigenvalue weighted by Gasteiger charge is -2.10. The van der Waals surface area contributed by atoms with Gasteiger partial charge in [0.15, 0.2) is 0 Å². The lowest BCUT2D eigenvalue weighted by atomic mass is 10.1. The molecule has 0 aliphatic rings. The Bertz CT molecular complexity index is 573. The number of anilines is 1. The molecule has 84 valence electrons. The molecule has 16 heavy (non-hydrogen) atoms. The van der Waals surface area contributed by atoms with Crippen molar-refractivity contribution in [2.75, 3.05) is 5.32 Å². The van der Waals surface area contributed by atoms with Gasteiger partial charge in [0.25, 0.3) is 0 Å². The van der Waals surface area contributed by atoms with Crippen LogP contribution < -0.4 is 10.9 Å². The Kier molecular flexibility index (Phi) is 2.66. The van der Waals surface area contributed by atoms with Crippen LogP contribution in [0.25, 0.3) is 10.9 Å². The summed E-state index contributed by atoms with van der Waals surface area (Å²) in [5.74, 6) is 0. The average molecular weight is 218 g/mol. The van der Waals surface area contributed by atoms with Crippen LogP contribution in [0.5, 0.6) is 0 Å². The first-order valence-corrected chi connectivity index (χ1v) is 5.14. The van der Waals surface area contributed by atoms with Crippen LogP contribution in [0.1, 0.15) is 12.5 Å². The van der Waals surface area contributed by atoms with Crippen molar-refractivity contribution in [2.24, 2.45) is 0 Å². The normalized spacial score (nSPS) is 12.7. The Morgan fingerprint density at radius 3 is 2.81 bits per heavy atom. The van der Waals surface area contributed by atoms with Crippen LogP contribution in [0.4, 0.5) is 5.69 Å². The third kappa shape index (κ3) is 2.06. The van der Waals surface area contributed by atoms with E-state index in [9.17, 15) is 9.90 Å². The Morgan fingerprint density at radius 1 is 1.38 bits per heavy atom. The first-order valence-electron chi connectivity index (χ1n) is 5.14. The number of aryl methyl sites for hydroxylation is 1. The number of benzene rings is 1. The fourth-order valence-electron chi connectivity index (χ4n) is 1.77. The maximum absolute atomic E-state index is 11.3. The van der Waals surface area contributed by atoms with Gasteiger partial charge in [0.05, 0.1) is 5.52 Å². The van der Waals surface area contributed by atoms with Gasteiger partial charge in [-0.15, -0.1) is 0 Å². The standard InChI is InChI=1S/C12H14N2O2/c1-7-5-12(16)14-11-6-9(13-8(2)15)3-4-10(7)11/h3-6,8,13,15H,1-2H3,(H,14,16). The highest BCUT2D eigenvalue weighted by molar-refractivity contribution is 5.84. The van der Waals surface area contributed by atoms with Crippen LogP contribution in [-0.2, 0) is 0 Å². The molecule has 0 radical (unpaired) electrons. The predicted molar refractivity (Wildman–Crippen MR) is 64.6 cm³/mol. The highest BCUT2D eigenvalue weighted by Crippen LogP contribution is 2.19. The molecule has 0 aliphatic heterocycles. The molecule has 0 aliphatic carbocycles. The van der Waals surface area contributed by atoms with Crippen LogP contribution >= 0.6 is 0 Å². The average Bonchev–Trinajstić information content (AvgIpc) is 2.15. The Morgan fingerprint density at radius 2 is 2.12 bits per heavy atom. The van der Waals surface area contributed by atoms with Gasteiger partial charge >= 0.3 is 0 Å². The number of aromatic nitrogens is 1. The Balaban J connectivity index is 2.57. The van der Waals surface area contributed by atoms with Crippen LogP contribution in [0.3, 0.4) is 0 Å². The van der Waals surface area contributed by atoms with Crippen LogP contribution in [-0.4, -0.2) is 16.3 Å². The number of H-pyrrole nitrogens is 1. The molecule has 1 unspecified atom stereocenters. The van der Waals surface area contributed by atoms with E-state index in [0.717, 1.165) is 22.2 Å². The third-order valence-corrected chi connectivity index (χ3v) is 2.43. The van der Waals surface area contributed by atoms with Crippen molar-refractivity contribution in [3.63, 3.8) is 0 Å². The van der Waals surface area contributed by atoms with E-state index in [4.69, 9.17) is 0 Å². The van der Waals surface area contributed by atoms with Gasteiger partial charge in [-0.2, -0.15) is 0 Å². The fourth-order valence-corrected chi connectivity index (χ4v) is 1.77. The number of rotatable bonds is 2. The molecule has 1 aromatic heterocycles. The molecule has 1 atom stereocenters. The van der Waals surface area contributed by atoms with E-state index in [0.29, 0.717) is 0 Å². The fraction of sp³-hybridized carbons (Fsp3) is 0.250. The number of nitrogens with one attached hydrogen (secondary N) is 2. The van der Waals surface area contributed by atoms with Gasteiger partial charge in [-0.1, -0.05) is 6.07 Å². The number of aliphatic hydroxyl groups is 1. The second-order valence-corrected chi connectivity index (χ2v) is 3.90. The van der Waals surface area contributed by atoms with E-state index < -0.39 is 6.23 Å². The first kappa shape index (κ1) is 10.7. The van der Waals surface area contributed by atoms with E-state index in [1.807, 2.05) is 25.1 Å². The summed E-state index contributed by atoms with van der Waals surface area (Å²) in [6.45, 7) is 3.54. The highest BCUT2D eigenvalue weighted by atomic mass is 16.3. The zero-order valence-corrected chi connectivity index (χ0v) is 9.24. The first-order chi connectivity index (χ1) is 7.56. The predicted octanol–water partition coefficient (Wildman–Crippen LogP) is 1.59. The van der Waals surface area contributed by atoms with Crippen LogP contribution in [0, 0.1) is 6.92 Å². The summed E-state index contributed by atoms with van der Waals surface area (Å²) in [6.07, 6.45) is -0.617. The summed E-state index contributed by atoms with van der Waals surface area (Å²) < 4.78 is 0. The molecular weight excluding hydrogens is 204 g/mol. The molecule has 0 spiro atoms. The largest absolute Gasteiger partial charge is 0.374 e. The van der Waals surface area contributed by atoms with Gasteiger partial charge in [-0.3, -0.25) is 4.79 Å². The van der Waals surface area contributed by atoms with E-state index >= 15 is 0 Å². The highest BCUT2D eigenvalue weighted by Gasteiger charge is 2.02. The van der Waals surface area contributed by atoms with Crippen LogP contribution in [0.15, 0.2) is 29.1 Å². The zero-order chi connectivity index (χ0) is 11.7. The second kappa shape index (κ2) is 3.98. The quantitative estimate of drug-likeness (QED) is 0.670. The molecule has 0 bridgehead atoms. The van der Waals surface area contributed by atoms with Gasteiger partial charge in [-0.05, 0) is 31.5 Å². The number of aliphatic hydroxyl groups excluding tert-OH is 1. The number of pyridine rings is 1. The smallest absolute Gasteiger partial charge is 0.248 e. The SMILES string of the molecule is Cc1cc(=O)[nH]c2cc(NC(C)O)ccc12. The van der Waals surface area contributed by atoms with E-state index in [-0.39, 0.29) is 5.56 Å². The third-order valence-electron chi connectivity index (χ3n) is 2.43. The molecule has 4 nitrogen and oxygen atoms in total. The van der Waals surface area contributed by atoms with Gasteiger partial charge in [0, 0.05) is 17.1 Å². The maximum atomic E-state index is 11.3. The Labute approximate surface area is 92.9 Å². The summed E-state index contributed by atoms with van der Waals surface area (Å²) in [7, 11) is 0. The number of hydrogen-bond donors (Lipinski definition) is 3. The molecule has 4 heteroatoms. The molecule has 0 amide bonds. The van der Waals surface area contributed by atoms with Crippen molar-refractivity contribution in [2.45, 2.75) is 20.1 Å². The maximum Gasteiger partial charge on any atom is 0.248 e. The van der Waals surface area contributed by atoms with E-state index in [1.54, 1.807) is 13.0 Å². The second-order valence-electron chi connectivity index (χ2n) is 3.90. The minimum absolute atomic E-state index is 0.112. The number of aromatic amines is 1. The summed E-state index contributed by atoms with van der Waals surface area (Å²) in [4.78, 5) is 14.1. The minimum Gasteiger partial charge on any atom is -0.374 e. The topological polar surface area (TPSA) is 65.1 Å². The molecule has 0 saturated carbocycles. The summed E-state index contributed by atoms with van der Waals surface area (Å²) >= 11 is 0. The molecule has 1 aromatic carbocycles. The van der Waals surface area contributed by atoms with Gasteiger partial charge in [-0.25, -0.2) is 0 Å². The molecular formula is C12H14N2O2. The molecule has 0 saturated heterocycles. The van der Waals surface area contributed by atoms with Crippen molar-refractivity contribution in [3.05, 3.63) is 40.2 Å². The van der Waals surface area contributed by atoms with Crippen molar-refractivity contribution < 1.29 is 5.11 Å². The van der Waals surface area contributed by atoms with Crippen molar-refractivity contribution in [3.8, 4) is 0 Å². The lowest BCUT2D eigenvalue weighted by molar-refractivity contribution is 0.224. The van der Waals surface area contributed by atoms with Crippen molar-refractivity contribution >= 4 is 16.6 Å². The molecule has 2 rings (SSSR count). The van der Waals surface area contributed by atoms with Gasteiger partial charge in [0.1, 0.15) is 6.23 Å². The van der Waals surface area contributed by atoms with Crippen molar-refractivity contribution in [1.29, 1.82) is 0 Å². The monoisotopic (exact) mass is 218 g/mol. The number of hydrogen-bond acceptors (Lipinski definition) is 3. The van der Waals surface area contributed by atoms with Gasteiger partial charge in [0.2, 0.25) is 5.56 Å². The molecule has 2 aromatic rings. The van der Waals surface area contributed by atoms with E-state index in [1.165, 1.54) is 0 Å². The summed E-state index contributed by atoms with van der Waals surface area (Å²) in [6, 6.07) is 7.19. The molecule has 1 heterocycles. The summed E-state index contributed by atoms with van der Waals surface area (Å²) in [5, 5.41) is 13.1. The minimum atomic E-state index is -0.617. The zero-order valence-electron chi connectivity index (χ0n) is 9.24. The van der Waals surface area contributed by atoms with Gasteiger partial charge < -0.3 is 15.4 Å². The summed E-state index contributed by atoms with van der Waals surface area (Å²) in [5.41, 5.74) is 2.39. The van der Waals surface area contributed by atoms with Crippen molar-refractivity contribution in [1.82, 2.24) is 4.98 Å².